The zero-order valence-electron chi connectivity index (χ0n) is 14.0. The molecule has 5 rings (SSSR count). The minimum atomic E-state index is -0.585. The van der Waals surface area contributed by atoms with Crippen molar-refractivity contribution in [1.82, 2.24) is 0 Å². The Morgan fingerprint density at radius 2 is 2.25 bits per heavy atom. The zero-order valence-corrected chi connectivity index (χ0v) is 14.0. The second-order valence-electron chi connectivity index (χ2n) is 8.11. The lowest BCUT2D eigenvalue weighted by molar-refractivity contribution is -0.938. The Bertz CT molecular complexity index is 772. The predicted molar refractivity (Wildman–Crippen MR) is 91.1 cm³/mol. The van der Waals surface area contributed by atoms with Crippen molar-refractivity contribution in [3.8, 4) is 11.5 Å². The van der Waals surface area contributed by atoms with Gasteiger partial charge in [-0.1, -0.05) is 18.7 Å². The molecule has 1 fully saturated rings. The van der Waals surface area contributed by atoms with Gasteiger partial charge in [0, 0.05) is 29.9 Å². The molecule has 1 aromatic rings. The van der Waals surface area contributed by atoms with Crippen molar-refractivity contribution in [3.05, 3.63) is 48.1 Å². The van der Waals surface area contributed by atoms with E-state index in [1.165, 1.54) is 5.56 Å². The Hall–Kier alpha value is -1.78. The third-order valence-electron chi connectivity index (χ3n) is 7.11. The number of aliphatic hydroxyl groups is 1. The predicted octanol–water partition coefficient (Wildman–Crippen LogP) is 1.90. The van der Waals surface area contributed by atoms with Crippen LogP contribution in [0, 0.1) is 5.92 Å². The lowest BCUT2D eigenvalue weighted by Gasteiger charge is -2.59. The lowest BCUT2D eigenvalue weighted by atomic mass is 9.52. The van der Waals surface area contributed by atoms with E-state index in [0.29, 0.717) is 17.7 Å². The summed E-state index contributed by atoms with van der Waals surface area (Å²) in [5.41, 5.74) is 2.01. The van der Waals surface area contributed by atoms with E-state index in [0.717, 1.165) is 41.7 Å². The van der Waals surface area contributed by atoms with Crippen molar-refractivity contribution in [3.63, 3.8) is 0 Å². The maximum atomic E-state index is 10.6. The smallest absolute Gasteiger partial charge is 0.139 e. The van der Waals surface area contributed by atoms with E-state index >= 15 is 0 Å². The van der Waals surface area contributed by atoms with Crippen LogP contribution in [0.25, 0.3) is 0 Å². The summed E-state index contributed by atoms with van der Waals surface area (Å²) in [7, 11) is 2.30. The molecule has 126 valence electrons. The standard InChI is InChI=1S/C20H23NO3/c1-3-9-21(2)10-8-20-13-4-5-16(23)19(20)24-17-7-6-15(22)12(18(17)20)11-14(13)21/h3-7,13-14,16,19,23H,1,8-11H2,2H3/p+1/t13-,14-,16-,19?,20+,21-/m0/s1. The average Bonchev–Trinajstić information content (AvgIpc) is 2.90. The van der Waals surface area contributed by atoms with E-state index in [4.69, 9.17) is 4.74 Å². The quantitative estimate of drug-likeness (QED) is 0.645. The summed E-state index contributed by atoms with van der Waals surface area (Å²) < 4.78 is 7.17. The molecule has 1 saturated heterocycles. The Morgan fingerprint density at radius 1 is 1.42 bits per heavy atom. The van der Waals surface area contributed by atoms with Crippen LogP contribution >= 0.6 is 0 Å². The highest BCUT2D eigenvalue weighted by Gasteiger charge is 2.67. The average molecular weight is 326 g/mol. The summed E-state index contributed by atoms with van der Waals surface area (Å²) in [6.45, 7) is 5.93. The molecule has 4 aliphatic rings. The molecule has 2 aliphatic heterocycles. The number of phenolic OH excluding ortho intramolecular Hbond substituents is 1. The van der Waals surface area contributed by atoms with Gasteiger partial charge < -0.3 is 19.4 Å². The van der Waals surface area contributed by atoms with Crippen LogP contribution in [0.2, 0.25) is 0 Å². The fourth-order valence-electron chi connectivity index (χ4n) is 6.03. The zero-order chi connectivity index (χ0) is 16.7. The second-order valence-corrected chi connectivity index (χ2v) is 8.11. The number of piperidine rings is 1. The fraction of sp³-hybridized carbons (Fsp3) is 0.500. The van der Waals surface area contributed by atoms with Crippen molar-refractivity contribution < 1.29 is 19.4 Å². The topological polar surface area (TPSA) is 49.7 Å². The number of hydrogen-bond donors (Lipinski definition) is 2. The van der Waals surface area contributed by atoms with Gasteiger partial charge in [-0.3, -0.25) is 0 Å². The number of rotatable bonds is 2. The molecule has 4 heteroatoms. The van der Waals surface area contributed by atoms with Gasteiger partial charge in [0.2, 0.25) is 0 Å². The Kier molecular flexibility index (Phi) is 2.69. The minimum absolute atomic E-state index is 0.195. The molecule has 4 nitrogen and oxygen atoms in total. The summed E-state index contributed by atoms with van der Waals surface area (Å²) in [5.74, 6) is 1.57. The fourth-order valence-corrected chi connectivity index (χ4v) is 6.03. The van der Waals surface area contributed by atoms with Crippen LogP contribution in [0.15, 0.2) is 36.9 Å². The molecule has 0 aromatic heterocycles. The third-order valence-corrected chi connectivity index (χ3v) is 7.11. The van der Waals surface area contributed by atoms with Gasteiger partial charge in [-0.2, -0.15) is 0 Å². The first-order chi connectivity index (χ1) is 11.5. The number of aliphatic hydroxyl groups excluding tert-OH is 1. The van der Waals surface area contributed by atoms with Crippen molar-refractivity contribution in [1.29, 1.82) is 0 Å². The van der Waals surface area contributed by atoms with Crippen LogP contribution in [-0.4, -0.2) is 53.1 Å². The summed E-state index contributed by atoms with van der Waals surface area (Å²) in [5, 5.41) is 21.1. The molecule has 6 atom stereocenters. The van der Waals surface area contributed by atoms with Crippen LogP contribution < -0.4 is 4.74 Å². The molecule has 24 heavy (non-hydrogen) atoms. The van der Waals surface area contributed by atoms with Gasteiger partial charge in [0.25, 0.3) is 0 Å². The van der Waals surface area contributed by atoms with Gasteiger partial charge in [0.05, 0.1) is 25.6 Å². The van der Waals surface area contributed by atoms with Crippen LogP contribution in [0.3, 0.4) is 0 Å². The van der Waals surface area contributed by atoms with Gasteiger partial charge in [-0.15, -0.1) is 0 Å². The summed E-state index contributed by atoms with van der Waals surface area (Å²) in [6.07, 6.45) is 7.14. The van der Waals surface area contributed by atoms with Crippen molar-refractivity contribution in [2.45, 2.75) is 36.5 Å². The highest BCUT2D eigenvalue weighted by atomic mass is 16.5. The highest BCUT2D eigenvalue weighted by Crippen LogP contribution is 2.62. The summed E-state index contributed by atoms with van der Waals surface area (Å²) >= 11 is 0. The molecular formula is C20H24NO3+. The number of nitrogens with zero attached hydrogens (tertiary/aromatic N) is 1. The van der Waals surface area contributed by atoms with Gasteiger partial charge in [-0.25, -0.2) is 0 Å². The van der Waals surface area contributed by atoms with Crippen molar-refractivity contribution >= 4 is 0 Å². The van der Waals surface area contributed by atoms with E-state index in [-0.39, 0.29) is 11.5 Å². The van der Waals surface area contributed by atoms with Crippen LogP contribution in [0.4, 0.5) is 0 Å². The maximum Gasteiger partial charge on any atom is 0.139 e. The number of phenols is 1. The number of benzene rings is 1. The van der Waals surface area contributed by atoms with Gasteiger partial charge in [-0.05, 0) is 18.2 Å². The molecule has 2 bridgehead atoms. The molecule has 2 heterocycles. The van der Waals surface area contributed by atoms with E-state index in [1.54, 1.807) is 6.07 Å². The monoisotopic (exact) mass is 326 g/mol. The van der Waals surface area contributed by atoms with E-state index in [2.05, 4.69) is 19.7 Å². The Balaban J connectivity index is 1.79. The first kappa shape index (κ1) is 14.6. The van der Waals surface area contributed by atoms with Crippen molar-refractivity contribution in [2.24, 2.45) is 5.92 Å². The van der Waals surface area contributed by atoms with E-state index < -0.39 is 6.10 Å². The number of likely N-dealkylation sites (N-methyl/N-ethyl adjacent to an activating group) is 1. The first-order valence-electron chi connectivity index (χ1n) is 8.85. The van der Waals surface area contributed by atoms with E-state index in [9.17, 15) is 10.2 Å². The lowest BCUT2D eigenvalue weighted by Crippen LogP contribution is -2.71. The molecule has 0 amide bonds. The van der Waals surface area contributed by atoms with Crippen LogP contribution in [0.1, 0.15) is 17.5 Å². The molecule has 2 N–H and O–H groups in total. The number of aromatic hydroxyl groups is 1. The normalized spacial score (nSPS) is 43.9. The SMILES string of the molecule is C=CC[N@@+]1(C)CC[C@]23c4c5ccc(O)c4C[C@H]1[C@@H]2C=C[C@H](O)C3O5. The number of hydrogen-bond acceptors (Lipinski definition) is 3. The van der Waals surface area contributed by atoms with Gasteiger partial charge in [0.1, 0.15) is 29.7 Å². The summed E-state index contributed by atoms with van der Waals surface area (Å²) in [4.78, 5) is 0. The highest BCUT2D eigenvalue weighted by molar-refractivity contribution is 5.60. The number of ether oxygens (including phenoxy) is 1. The summed E-state index contributed by atoms with van der Waals surface area (Å²) in [6, 6.07) is 3.99. The molecule has 0 radical (unpaired) electrons. The molecular weight excluding hydrogens is 302 g/mol. The first-order valence-corrected chi connectivity index (χ1v) is 8.85. The minimum Gasteiger partial charge on any atom is -0.508 e. The van der Waals surface area contributed by atoms with Crippen LogP contribution in [-0.2, 0) is 11.8 Å². The Morgan fingerprint density at radius 3 is 3.04 bits per heavy atom. The number of quaternary nitrogens is 1. The number of likely N-dealkylation sites (tertiary alicyclic amines) is 1. The maximum absolute atomic E-state index is 10.6. The molecule has 2 aliphatic carbocycles. The van der Waals surface area contributed by atoms with Crippen LogP contribution in [0.5, 0.6) is 11.5 Å². The molecule has 0 saturated carbocycles. The second kappa shape index (κ2) is 4.44. The molecule has 1 spiro atoms. The van der Waals surface area contributed by atoms with Gasteiger partial charge >= 0.3 is 0 Å². The largest absolute Gasteiger partial charge is 0.508 e. The van der Waals surface area contributed by atoms with E-state index in [1.807, 2.05) is 18.2 Å². The van der Waals surface area contributed by atoms with Crippen molar-refractivity contribution in [2.75, 3.05) is 20.1 Å². The third kappa shape index (κ3) is 1.47. The Labute approximate surface area is 142 Å². The molecule has 1 aromatic carbocycles. The molecule has 1 unspecified atom stereocenters. The van der Waals surface area contributed by atoms with Gasteiger partial charge in [0.15, 0.2) is 0 Å².